The Bertz CT molecular complexity index is 903. The Morgan fingerprint density at radius 1 is 1.07 bits per heavy atom. The van der Waals surface area contributed by atoms with Gasteiger partial charge in [-0.25, -0.2) is 0 Å². The van der Waals surface area contributed by atoms with E-state index in [2.05, 4.69) is 12.2 Å². The Balaban J connectivity index is 2.44. The maximum atomic E-state index is 13.3. The van der Waals surface area contributed by atoms with Crippen LogP contribution in [0.1, 0.15) is 50.8 Å². The minimum atomic E-state index is -4.46. The topological polar surface area (TPSA) is 29.1 Å². The lowest BCUT2D eigenvalue weighted by atomic mass is 9.96. The van der Waals surface area contributed by atoms with Crippen molar-refractivity contribution < 1.29 is 18.0 Å². The number of allylic oxidation sites excluding steroid dienone is 2. The summed E-state index contributed by atoms with van der Waals surface area (Å²) < 4.78 is 39.8. The fourth-order valence-electron chi connectivity index (χ4n) is 3.21. The normalized spacial score (nSPS) is 12.7. The second kappa shape index (κ2) is 10.7. The number of Topliss-reactive ketones (excluding diaryl/α,β-unsaturated/α-hetero) is 1. The first-order valence-electron chi connectivity index (χ1n) is 10.1. The molecule has 6 heteroatoms. The number of hydrogen-bond acceptors (Lipinski definition) is 3. The molecule has 2 nitrogen and oxygen atoms in total. The van der Waals surface area contributed by atoms with Crippen molar-refractivity contribution in [2.75, 3.05) is 5.75 Å². The predicted octanol–water partition coefficient (Wildman–Crippen LogP) is 6.75. The maximum absolute atomic E-state index is 13.3. The standard InChI is InChI=1S/C24H28F3NOS/c1-5-17-10-7-8-13-22(17)30-15-21(29)23(20(6-2)28-16(3)4)18-11-9-12-19(14-18)24(25,26)27/h7-14,16,28H,5-6,15H2,1-4H3. The van der Waals surface area contributed by atoms with E-state index in [1.807, 2.05) is 45.0 Å². The highest BCUT2D eigenvalue weighted by molar-refractivity contribution is 8.00. The molecule has 2 rings (SSSR count). The van der Waals surface area contributed by atoms with Crippen molar-refractivity contribution in [1.82, 2.24) is 5.32 Å². The molecule has 0 fully saturated rings. The van der Waals surface area contributed by atoms with Crippen LogP contribution in [0, 0.1) is 0 Å². The van der Waals surface area contributed by atoms with Gasteiger partial charge in [-0.15, -0.1) is 11.8 Å². The number of nitrogens with one attached hydrogen (secondary N) is 1. The van der Waals surface area contributed by atoms with Crippen LogP contribution in [0.5, 0.6) is 0 Å². The van der Waals surface area contributed by atoms with Crippen molar-refractivity contribution >= 4 is 23.1 Å². The summed E-state index contributed by atoms with van der Waals surface area (Å²) in [5, 5.41) is 3.26. The highest BCUT2D eigenvalue weighted by atomic mass is 32.2. The molecule has 0 heterocycles. The fourth-order valence-corrected chi connectivity index (χ4v) is 4.21. The van der Waals surface area contributed by atoms with Gasteiger partial charge >= 0.3 is 6.18 Å². The van der Waals surface area contributed by atoms with E-state index in [-0.39, 0.29) is 17.6 Å². The molecule has 30 heavy (non-hydrogen) atoms. The fraction of sp³-hybridized carbons (Fsp3) is 0.375. The molecule has 0 bridgehead atoms. The van der Waals surface area contributed by atoms with Gasteiger partial charge in [0.25, 0.3) is 0 Å². The van der Waals surface area contributed by atoms with E-state index >= 15 is 0 Å². The molecule has 0 amide bonds. The van der Waals surface area contributed by atoms with E-state index in [1.54, 1.807) is 6.07 Å². The average molecular weight is 436 g/mol. The Morgan fingerprint density at radius 3 is 2.37 bits per heavy atom. The lowest BCUT2D eigenvalue weighted by molar-refractivity contribution is -0.137. The third-order valence-corrected chi connectivity index (χ3v) is 5.70. The monoisotopic (exact) mass is 435 g/mol. The zero-order valence-corrected chi connectivity index (χ0v) is 18.6. The van der Waals surface area contributed by atoms with Crippen molar-refractivity contribution in [1.29, 1.82) is 0 Å². The van der Waals surface area contributed by atoms with Gasteiger partial charge < -0.3 is 5.32 Å². The summed E-state index contributed by atoms with van der Waals surface area (Å²) in [6.07, 6.45) is -3.09. The van der Waals surface area contributed by atoms with Crippen LogP contribution < -0.4 is 5.32 Å². The number of hydrogen-bond donors (Lipinski definition) is 1. The van der Waals surface area contributed by atoms with Crippen LogP contribution in [-0.2, 0) is 17.4 Å². The van der Waals surface area contributed by atoms with Crippen molar-refractivity contribution in [3.8, 4) is 0 Å². The molecule has 0 saturated carbocycles. The summed E-state index contributed by atoms with van der Waals surface area (Å²) in [6, 6.07) is 13.0. The van der Waals surface area contributed by atoms with Crippen molar-refractivity contribution in [2.24, 2.45) is 0 Å². The van der Waals surface area contributed by atoms with Gasteiger partial charge in [0, 0.05) is 22.2 Å². The molecular formula is C24H28F3NOS. The first-order chi connectivity index (χ1) is 14.2. The molecule has 0 aliphatic rings. The van der Waals surface area contributed by atoms with Crippen molar-refractivity contribution in [3.05, 3.63) is 70.9 Å². The molecule has 0 aliphatic heterocycles. The predicted molar refractivity (Wildman–Crippen MR) is 118 cm³/mol. The summed E-state index contributed by atoms with van der Waals surface area (Å²) in [4.78, 5) is 14.3. The average Bonchev–Trinajstić information content (AvgIpc) is 2.71. The second-order valence-corrected chi connectivity index (χ2v) is 8.28. The van der Waals surface area contributed by atoms with E-state index in [0.29, 0.717) is 23.3 Å². The number of ketones is 1. The Hall–Kier alpha value is -2.21. The molecule has 0 aromatic heterocycles. The first-order valence-corrected chi connectivity index (χ1v) is 11.1. The number of halogens is 3. The highest BCUT2D eigenvalue weighted by Gasteiger charge is 2.31. The number of thioether (sulfide) groups is 1. The molecule has 0 radical (unpaired) electrons. The Kier molecular flexibility index (Phi) is 8.59. The maximum Gasteiger partial charge on any atom is 0.416 e. The van der Waals surface area contributed by atoms with Gasteiger partial charge in [0.1, 0.15) is 0 Å². The van der Waals surface area contributed by atoms with E-state index in [9.17, 15) is 18.0 Å². The number of rotatable bonds is 9. The van der Waals surface area contributed by atoms with E-state index in [4.69, 9.17) is 0 Å². The van der Waals surface area contributed by atoms with Crippen molar-refractivity contribution in [2.45, 2.75) is 57.7 Å². The number of carbonyl (C=O) groups excluding carboxylic acids is 1. The smallest absolute Gasteiger partial charge is 0.386 e. The second-order valence-electron chi connectivity index (χ2n) is 7.26. The van der Waals surface area contributed by atoms with Gasteiger partial charge in [0.15, 0.2) is 5.78 Å². The minimum Gasteiger partial charge on any atom is -0.386 e. The van der Waals surface area contributed by atoms with Crippen LogP contribution >= 0.6 is 11.8 Å². The number of benzene rings is 2. The van der Waals surface area contributed by atoms with E-state index < -0.39 is 11.7 Å². The third-order valence-electron chi connectivity index (χ3n) is 4.59. The number of carbonyl (C=O) groups is 1. The zero-order valence-electron chi connectivity index (χ0n) is 17.8. The van der Waals surface area contributed by atoms with Gasteiger partial charge in [0.05, 0.1) is 11.3 Å². The van der Waals surface area contributed by atoms with Gasteiger partial charge in [0.2, 0.25) is 0 Å². The van der Waals surface area contributed by atoms with Crippen LogP contribution in [0.2, 0.25) is 0 Å². The van der Waals surface area contributed by atoms with Crippen LogP contribution in [0.25, 0.3) is 5.57 Å². The number of alkyl halides is 3. The summed E-state index contributed by atoms with van der Waals surface area (Å²) in [7, 11) is 0. The summed E-state index contributed by atoms with van der Waals surface area (Å²) in [6.45, 7) is 7.83. The SMILES string of the molecule is CCC(NC(C)C)=C(C(=O)CSc1ccccc1CC)c1cccc(C(F)(F)F)c1. The largest absolute Gasteiger partial charge is 0.416 e. The minimum absolute atomic E-state index is 0.0574. The van der Waals surface area contributed by atoms with Gasteiger partial charge in [-0.2, -0.15) is 13.2 Å². The zero-order chi connectivity index (χ0) is 22.3. The molecule has 0 unspecified atom stereocenters. The summed E-state index contributed by atoms with van der Waals surface area (Å²) in [5.41, 5.74) is 1.69. The molecule has 0 atom stereocenters. The van der Waals surface area contributed by atoms with Crippen LogP contribution in [-0.4, -0.2) is 17.6 Å². The van der Waals surface area contributed by atoms with Crippen LogP contribution in [0.3, 0.4) is 0 Å². The molecule has 162 valence electrons. The molecular weight excluding hydrogens is 407 g/mol. The van der Waals surface area contributed by atoms with Gasteiger partial charge in [-0.3, -0.25) is 4.79 Å². The quantitative estimate of drug-likeness (QED) is 0.349. The van der Waals surface area contributed by atoms with E-state index in [0.717, 1.165) is 29.0 Å². The summed E-state index contributed by atoms with van der Waals surface area (Å²) in [5.74, 6) is -0.0264. The highest BCUT2D eigenvalue weighted by Crippen LogP contribution is 2.33. The van der Waals surface area contributed by atoms with Gasteiger partial charge in [-0.1, -0.05) is 44.2 Å². The third kappa shape index (κ3) is 6.39. The van der Waals surface area contributed by atoms with E-state index in [1.165, 1.54) is 17.8 Å². The molecule has 0 saturated heterocycles. The Morgan fingerprint density at radius 2 is 1.77 bits per heavy atom. The van der Waals surface area contributed by atoms with Crippen molar-refractivity contribution in [3.63, 3.8) is 0 Å². The molecule has 0 spiro atoms. The lowest BCUT2D eigenvalue weighted by Gasteiger charge is -2.19. The summed E-state index contributed by atoms with van der Waals surface area (Å²) >= 11 is 1.43. The van der Waals surface area contributed by atoms with Gasteiger partial charge in [-0.05, 0) is 56.0 Å². The molecule has 0 aliphatic carbocycles. The Labute approximate surface area is 181 Å². The molecule has 1 N–H and O–H groups in total. The lowest BCUT2D eigenvalue weighted by Crippen LogP contribution is -2.25. The number of aryl methyl sites for hydroxylation is 1. The molecule has 2 aromatic rings. The first kappa shape index (κ1) is 24.1. The van der Waals surface area contributed by atoms with Crippen LogP contribution in [0.15, 0.2) is 59.1 Å². The molecule has 2 aromatic carbocycles. The van der Waals surface area contributed by atoms with Crippen LogP contribution in [0.4, 0.5) is 13.2 Å².